The number of anilines is 9. The number of hydrogen-bond acceptors (Lipinski definition) is 4. The number of ether oxygens (including phenoxy) is 1. The Bertz CT molecular complexity index is 7870. The summed E-state index contributed by atoms with van der Waals surface area (Å²) >= 11 is 0. The van der Waals surface area contributed by atoms with Gasteiger partial charge in [0.1, 0.15) is 11.5 Å². The van der Waals surface area contributed by atoms with E-state index >= 15 is 0 Å². The molecule has 646 valence electrons. The molecular formula is C129H103B2N3O. The third-order valence-electron chi connectivity index (χ3n) is 30.0. The molecule has 0 saturated heterocycles. The molecule has 19 aromatic rings. The lowest BCUT2D eigenvalue weighted by atomic mass is 9.30. The van der Waals surface area contributed by atoms with Gasteiger partial charge in [0.2, 0.25) is 0 Å². The van der Waals surface area contributed by atoms with Crippen LogP contribution in [0.15, 0.2) is 406 Å². The number of rotatable bonds is 10. The van der Waals surface area contributed by atoms with Gasteiger partial charge in [-0.1, -0.05) is 411 Å². The van der Waals surface area contributed by atoms with Crippen molar-refractivity contribution >= 4 is 108 Å². The SMILES string of the molecule is CC(C)(C)c1cc(-c2ccccc2)c(N2c3ccccc3B3c4cc5c(cc4N(c4c(-c6ccccc6)cc(C(C)(C)C)cc4-c4ccccc4)c4cc(C(C)(C)C)cc2c43)Oc2cc3cc(-c4cccc6c4C4(c7ccccc7-c7ccccc74)c4ccccc4-6)ccc3c3c2B5c2ccccc2N3c2c(-c3ccccc3)cc(C(C)(C)C)cc2-c2ccccc2)c(-c2ccccc2)c1. The van der Waals surface area contributed by atoms with E-state index in [9.17, 15) is 0 Å². The van der Waals surface area contributed by atoms with Gasteiger partial charge in [0.25, 0.3) is 13.4 Å². The van der Waals surface area contributed by atoms with Gasteiger partial charge in [-0.05, 0) is 244 Å². The van der Waals surface area contributed by atoms with Gasteiger partial charge in [-0.2, -0.15) is 0 Å². The summed E-state index contributed by atoms with van der Waals surface area (Å²) in [6.07, 6.45) is 0. The first-order valence-electron chi connectivity index (χ1n) is 48.1. The summed E-state index contributed by atoms with van der Waals surface area (Å²) in [6, 6.07) is 156. The van der Waals surface area contributed by atoms with Crippen LogP contribution in [0.5, 0.6) is 11.5 Å². The zero-order valence-electron chi connectivity index (χ0n) is 78.6. The maximum absolute atomic E-state index is 8.48. The molecule has 4 nitrogen and oxygen atoms in total. The fourth-order valence-corrected chi connectivity index (χ4v) is 23.6. The molecule has 6 aliphatic rings. The molecule has 0 aromatic heterocycles. The van der Waals surface area contributed by atoms with E-state index in [-0.39, 0.29) is 35.1 Å². The number of fused-ring (bicyclic) bond motifs is 20. The zero-order chi connectivity index (χ0) is 91.5. The highest BCUT2D eigenvalue weighted by molar-refractivity contribution is 7.03. The topological polar surface area (TPSA) is 19.0 Å². The second kappa shape index (κ2) is 30.4. The monoisotopic (exact) mass is 1730 g/mol. The highest BCUT2D eigenvalue weighted by Gasteiger charge is 2.55. The van der Waals surface area contributed by atoms with Gasteiger partial charge in [0.05, 0.1) is 28.2 Å². The van der Waals surface area contributed by atoms with Crippen LogP contribution in [0.1, 0.15) is 128 Å². The molecule has 4 aliphatic heterocycles. The van der Waals surface area contributed by atoms with Gasteiger partial charge in [-0.3, -0.25) is 0 Å². The van der Waals surface area contributed by atoms with E-state index in [1.807, 2.05) is 0 Å². The van der Waals surface area contributed by atoms with Crippen molar-refractivity contribution in [3.05, 3.63) is 451 Å². The van der Waals surface area contributed by atoms with Crippen molar-refractivity contribution in [2.75, 3.05) is 14.7 Å². The van der Waals surface area contributed by atoms with E-state index in [2.05, 4.69) is 504 Å². The molecule has 0 fully saturated rings. The highest BCUT2D eigenvalue weighted by Crippen LogP contribution is 2.66. The standard InChI is InChI=1S/C129H103B2N3O/c1-125(2,3)88-70-98(80-42-19-13-20-43-80)121(99(71-88)81-44-21-14-22-45-81)132-111-64-39-37-62-107(111)130-109-78-110-116(79-113(109)133(115-77-91(128(10,11)12)76-114(132)119(115)130)122-100(82-46-23-15-24-47-82)72-89(126(4,5)6)73-101(122)83-48-25-16-26-49-83)135-117-69-87-68-86(92-57-41-58-97-96-56-33-36-61-106(96)129(118(92)97)104-59-34-31-54-94(104)95-55-32-35-60-105(95)129)66-67-93(87)124-120(117)131(110)108-63-38-40-65-112(108)134(124)123-102(84-50-27-17-28-51-84)74-90(127(7,8)9)75-103(123)85-52-29-18-30-53-85/h13-79H,1-12H3. The summed E-state index contributed by atoms with van der Waals surface area (Å²) in [5, 5.41) is 2.21. The second-order valence-electron chi connectivity index (χ2n) is 42.1. The molecule has 0 atom stereocenters. The van der Waals surface area contributed by atoms with Crippen molar-refractivity contribution in [2.24, 2.45) is 0 Å². The molecule has 6 heteroatoms. The van der Waals surface area contributed by atoms with Crippen molar-refractivity contribution in [2.45, 2.75) is 110 Å². The molecule has 19 aromatic carbocycles. The van der Waals surface area contributed by atoms with Gasteiger partial charge in [-0.25, -0.2) is 0 Å². The third-order valence-corrected chi connectivity index (χ3v) is 30.0. The third kappa shape index (κ3) is 12.6. The van der Waals surface area contributed by atoms with Crippen LogP contribution in [0, 0.1) is 0 Å². The minimum absolute atomic E-state index is 0.203. The molecule has 0 radical (unpaired) electrons. The molecular weight excluding hydrogens is 1630 g/mol. The average Bonchev–Trinajstić information content (AvgIpc) is 0.869. The van der Waals surface area contributed by atoms with Crippen molar-refractivity contribution in [1.29, 1.82) is 0 Å². The summed E-state index contributed by atoms with van der Waals surface area (Å²) in [5.41, 5.74) is 47.0. The van der Waals surface area contributed by atoms with Crippen LogP contribution in [0.4, 0.5) is 51.2 Å². The molecule has 0 saturated carbocycles. The summed E-state index contributed by atoms with van der Waals surface area (Å²) in [4.78, 5) is 8.14. The predicted molar refractivity (Wildman–Crippen MR) is 573 cm³/mol. The number of nitrogens with zero attached hydrogens (tertiary/aromatic N) is 3. The first kappa shape index (κ1) is 81.7. The van der Waals surface area contributed by atoms with Crippen LogP contribution in [0.3, 0.4) is 0 Å². The van der Waals surface area contributed by atoms with E-state index in [0.717, 1.165) is 146 Å². The molecule has 0 N–H and O–H groups in total. The Labute approximate surface area is 794 Å². The quantitative estimate of drug-likeness (QED) is 0.127. The lowest BCUT2D eigenvalue weighted by molar-refractivity contribution is 0.488. The second-order valence-corrected chi connectivity index (χ2v) is 42.1. The average molecular weight is 1730 g/mol. The van der Waals surface area contributed by atoms with Crippen LogP contribution in [-0.2, 0) is 27.1 Å². The minimum Gasteiger partial charge on any atom is -0.458 e. The first-order chi connectivity index (χ1) is 65.5. The minimum atomic E-state index is -0.592. The fraction of sp³-hybridized carbons (Fsp3) is 0.132. The van der Waals surface area contributed by atoms with E-state index in [0.29, 0.717) is 0 Å². The Hall–Kier alpha value is -15.2. The molecule has 2 aliphatic carbocycles. The number of benzene rings is 19. The molecule has 0 amide bonds. The summed E-state index contributed by atoms with van der Waals surface area (Å²) < 4.78 is 8.48. The Morgan fingerprint density at radius 2 is 0.548 bits per heavy atom. The smallest absolute Gasteiger partial charge is 0.256 e. The van der Waals surface area contributed by atoms with Crippen LogP contribution in [0.2, 0.25) is 0 Å². The van der Waals surface area contributed by atoms with Crippen LogP contribution in [-0.4, -0.2) is 13.4 Å². The van der Waals surface area contributed by atoms with E-state index in [1.165, 1.54) is 105 Å². The summed E-state index contributed by atoms with van der Waals surface area (Å²) in [6.45, 7) is 27.8. The number of hydrogen-bond donors (Lipinski definition) is 0. The maximum Gasteiger partial charge on any atom is 0.256 e. The molecule has 25 rings (SSSR count). The lowest BCUT2D eigenvalue weighted by Gasteiger charge is -2.47. The Morgan fingerprint density at radius 3 is 0.963 bits per heavy atom. The molecule has 4 heterocycles. The Kier molecular flexibility index (Phi) is 18.4. The fourth-order valence-electron chi connectivity index (χ4n) is 23.6. The van der Waals surface area contributed by atoms with Gasteiger partial charge in [0.15, 0.2) is 0 Å². The Morgan fingerprint density at radius 1 is 0.215 bits per heavy atom. The normalized spacial score (nSPS) is 13.8. The van der Waals surface area contributed by atoms with Crippen molar-refractivity contribution in [3.63, 3.8) is 0 Å². The summed E-state index contributed by atoms with van der Waals surface area (Å²) in [5.74, 6) is 1.64. The van der Waals surface area contributed by atoms with E-state index in [4.69, 9.17) is 4.74 Å². The van der Waals surface area contributed by atoms with E-state index in [1.54, 1.807) is 0 Å². The lowest BCUT2D eigenvalue weighted by Crippen LogP contribution is -2.64. The largest absolute Gasteiger partial charge is 0.458 e. The highest BCUT2D eigenvalue weighted by atomic mass is 16.5. The van der Waals surface area contributed by atoms with Crippen LogP contribution >= 0.6 is 0 Å². The van der Waals surface area contributed by atoms with Gasteiger partial charge >= 0.3 is 0 Å². The number of para-hydroxylation sites is 2. The van der Waals surface area contributed by atoms with Gasteiger partial charge in [0, 0.05) is 73.3 Å². The van der Waals surface area contributed by atoms with Crippen molar-refractivity contribution in [3.8, 4) is 112 Å². The molecule has 0 unspecified atom stereocenters. The summed E-state index contributed by atoms with van der Waals surface area (Å²) in [7, 11) is 0. The molecule has 1 spiro atoms. The molecule has 135 heavy (non-hydrogen) atoms. The van der Waals surface area contributed by atoms with Crippen LogP contribution < -0.4 is 52.2 Å². The Balaban J connectivity index is 0.812. The molecule has 0 bridgehead atoms. The van der Waals surface area contributed by atoms with Crippen LogP contribution in [0.25, 0.3) is 111 Å². The zero-order valence-corrected chi connectivity index (χ0v) is 78.6. The maximum atomic E-state index is 8.48. The predicted octanol–water partition coefficient (Wildman–Crippen LogP) is 30.5. The van der Waals surface area contributed by atoms with Gasteiger partial charge in [-0.15, -0.1) is 0 Å². The van der Waals surface area contributed by atoms with Crippen molar-refractivity contribution < 1.29 is 4.74 Å². The van der Waals surface area contributed by atoms with E-state index < -0.39 is 5.41 Å². The van der Waals surface area contributed by atoms with Crippen molar-refractivity contribution in [1.82, 2.24) is 0 Å². The van der Waals surface area contributed by atoms with Gasteiger partial charge < -0.3 is 19.4 Å². The first-order valence-corrected chi connectivity index (χ1v) is 48.1.